The summed E-state index contributed by atoms with van der Waals surface area (Å²) in [6, 6.07) is 26.8. The van der Waals surface area contributed by atoms with E-state index in [0.29, 0.717) is 12.8 Å². The van der Waals surface area contributed by atoms with Crippen LogP contribution in [0, 0.1) is 0 Å². The largest absolute Gasteiger partial charge is 0.352 e. The Bertz CT molecular complexity index is 1290. The van der Waals surface area contributed by atoms with Gasteiger partial charge < -0.3 is 10.2 Å². The second-order valence-corrected chi connectivity index (χ2v) is 11.8. The molecular weight excluding hydrogens is 510 g/mol. The Morgan fingerprint density at radius 1 is 0.846 bits per heavy atom. The number of nitrogens with zero attached hydrogens (tertiary/aromatic N) is 2. The SMILES string of the molecule is CC[C@H](C)NC(=O)[C@@H](Cc1ccccc1)N(Cc1ccccc1)C(=O)CCCN(C)S(=O)(=O)c1ccccc1. The molecule has 0 spiro atoms. The third-order valence-corrected chi connectivity index (χ3v) is 8.65. The fourth-order valence-electron chi connectivity index (χ4n) is 4.26. The average molecular weight is 550 g/mol. The molecule has 3 rings (SSSR count). The lowest BCUT2D eigenvalue weighted by Crippen LogP contribution is -2.52. The van der Waals surface area contributed by atoms with Crippen LogP contribution >= 0.6 is 0 Å². The lowest BCUT2D eigenvalue weighted by Gasteiger charge is -2.32. The fraction of sp³-hybridized carbons (Fsp3) is 0.355. The molecule has 39 heavy (non-hydrogen) atoms. The Kier molecular flexibility index (Phi) is 11.3. The molecule has 0 saturated heterocycles. The first kappa shape index (κ1) is 30.1. The van der Waals surface area contributed by atoms with Gasteiger partial charge in [-0.05, 0) is 43.0 Å². The van der Waals surface area contributed by atoms with Crippen LogP contribution in [0.3, 0.4) is 0 Å². The van der Waals surface area contributed by atoms with Gasteiger partial charge in [0.15, 0.2) is 0 Å². The summed E-state index contributed by atoms with van der Waals surface area (Å²) in [5, 5.41) is 3.06. The van der Waals surface area contributed by atoms with E-state index in [1.165, 1.54) is 11.4 Å². The number of nitrogens with one attached hydrogen (secondary N) is 1. The zero-order valence-corrected chi connectivity index (χ0v) is 23.8. The first-order valence-corrected chi connectivity index (χ1v) is 14.9. The predicted molar refractivity (Wildman–Crippen MR) is 154 cm³/mol. The van der Waals surface area contributed by atoms with Crippen molar-refractivity contribution >= 4 is 21.8 Å². The lowest BCUT2D eigenvalue weighted by molar-refractivity contribution is -0.141. The second-order valence-electron chi connectivity index (χ2n) is 9.77. The average Bonchev–Trinajstić information content (AvgIpc) is 2.96. The Morgan fingerprint density at radius 2 is 1.38 bits per heavy atom. The summed E-state index contributed by atoms with van der Waals surface area (Å²) in [6.45, 7) is 4.42. The molecule has 0 unspecified atom stereocenters. The minimum Gasteiger partial charge on any atom is -0.352 e. The number of carbonyl (C=O) groups excluding carboxylic acids is 2. The number of hydrogen-bond donors (Lipinski definition) is 1. The Labute approximate surface area is 232 Å². The van der Waals surface area contributed by atoms with Gasteiger partial charge in [0.1, 0.15) is 6.04 Å². The third kappa shape index (κ3) is 8.76. The van der Waals surface area contributed by atoms with E-state index in [1.807, 2.05) is 74.5 Å². The van der Waals surface area contributed by atoms with Crippen LogP contribution in [0.15, 0.2) is 95.9 Å². The van der Waals surface area contributed by atoms with Crippen LogP contribution in [-0.2, 0) is 32.6 Å². The van der Waals surface area contributed by atoms with Crippen molar-refractivity contribution in [2.45, 2.75) is 63.1 Å². The van der Waals surface area contributed by atoms with Crippen molar-refractivity contribution in [2.24, 2.45) is 0 Å². The highest BCUT2D eigenvalue weighted by molar-refractivity contribution is 7.89. The summed E-state index contributed by atoms with van der Waals surface area (Å²) < 4.78 is 27.1. The van der Waals surface area contributed by atoms with Crippen molar-refractivity contribution in [2.75, 3.05) is 13.6 Å². The molecule has 3 aromatic rings. The number of benzene rings is 3. The van der Waals surface area contributed by atoms with Crippen molar-refractivity contribution in [3.05, 3.63) is 102 Å². The minimum atomic E-state index is -3.65. The number of amides is 2. The van der Waals surface area contributed by atoms with Gasteiger partial charge in [0, 0.05) is 39.0 Å². The first-order valence-electron chi connectivity index (χ1n) is 13.4. The van der Waals surface area contributed by atoms with Crippen LogP contribution in [0.5, 0.6) is 0 Å². The smallest absolute Gasteiger partial charge is 0.243 e. The van der Waals surface area contributed by atoms with E-state index in [-0.39, 0.29) is 42.3 Å². The molecule has 1 N–H and O–H groups in total. The van der Waals surface area contributed by atoms with Crippen LogP contribution < -0.4 is 5.32 Å². The van der Waals surface area contributed by atoms with Crippen LogP contribution in [-0.4, -0.2) is 55.1 Å². The summed E-state index contributed by atoms with van der Waals surface area (Å²) in [6.07, 6.45) is 1.60. The van der Waals surface area contributed by atoms with Crippen molar-refractivity contribution in [3.8, 4) is 0 Å². The predicted octanol–water partition coefficient (Wildman–Crippen LogP) is 4.64. The molecule has 2 atom stereocenters. The van der Waals surface area contributed by atoms with E-state index < -0.39 is 16.1 Å². The lowest BCUT2D eigenvalue weighted by atomic mass is 10.0. The van der Waals surface area contributed by atoms with Crippen LogP contribution in [0.4, 0.5) is 0 Å². The van der Waals surface area contributed by atoms with Gasteiger partial charge in [0.25, 0.3) is 0 Å². The molecule has 0 aliphatic carbocycles. The molecule has 0 aliphatic heterocycles. The maximum Gasteiger partial charge on any atom is 0.243 e. The Balaban J connectivity index is 1.81. The maximum absolute atomic E-state index is 13.7. The number of rotatable bonds is 14. The highest BCUT2D eigenvalue weighted by Gasteiger charge is 2.31. The van der Waals surface area contributed by atoms with Gasteiger partial charge in [-0.15, -0.1) is 0 Å². The molecule has 3 aromatic carbocycles. The van der Waals surface area contributed by atoms with E-state index in [4.69, 9.17) is 0 Å². The molecule has 0 aromatic heterocycles. The zero-order valence-electron chi connectivity index (χ0n) is 23.0. The van der Waals surface area contributed by atoms with Gasteiger partial charge >= 0.3 is 0 Å². The van der Waals surface area contributed by atoms with Crippen molar-refractivity contribution < 1.29 is 18.0 Å². The van der Waals surface area contributed by atoms with E-state index in [2.05, 4.69) is 5.32 Å². The normalized spacial score (nSPS) is 13.0. The summed E-state index contributed by atoms with van der Waals surface area (Å²) in [4.78, 5) is 29.1. The summed E-state index contributed by atoms with van der Waals surface area (Å²) in [5.41, 5.74) is 1.88. The standard InChI is InChI=1S/C31H39N3O4S/c1-4-25(2)32-31(36)29(23-26-15-8-5-9-16-26)34(24-27-17-10-6-11-18-27)30(35)21-14-22-33(3)39(37,38)28-19-12-7-13-20-28/h5-13,15-20,25,29H,4,14,21-24H2,1-3H3,(H,32,36)/t25-,29+/m0/s1. The molecule has 0 saturated carbocycles. The van der Waals surface area contributed by atoms with Crippen LogP contribution in [0.1, 0.15) is 44.2 Å². The zero-order chi connectivity index (χ0) is 28.3. The molecule has 0 heterocycles. The maximum atomic E-state index is 13.7. The molecule has 2 amide bonds. The molecule has 0 bridgehead atoms. The molecule has 0 aliphatic rings. The number of hydrogen-bond acceptors (Lipinski definition) is 4. The Morgan fingerprint density at radius 3 is 1.95 bits per heavy atom. The van der Waals surface area contributed by atoms with E-state index in [1.54, 1.807) is 35.2 Å². The van der Waals surface area contributed by atoms with E-state index in [0.717, 1.165) is 17.5 Å². The summed E-state index contributed by atoms with van der Waals surface area (Å²) in [7, 11) is -2.13. The Hall–Kier alpha value is -3.49. The quantitative estimate of drug-likeness (QED) is 0.317. The first-order chi connectivity index (χ1) is 18.7. The van der Waals surface area contributed by atoms with Gasteiger partial charge in [0.05, 0.1) is 4.90 Å². The van der Waals surface area contributed by atoms with E-state index >= 15 is 0 Å². The van der Waals surface area contributed by atoms with Gasteiger partial charge in [-0.1, -0.05) is 85.8 Å². The molecular formula is C31H39N3O4S. The summed E-state index contributed by atoms with van der Waals surface area (Å²) in [5.74, 6) is -0.383. The molecule has 208 valence electrons. The van der Waals surface area contributed by atoms with Gasteiger partial charge in [-0.2, -0.15) is 0 Å². The molecule has 0 fully saturated rings. The van der Waals surface area contributed by atoms with Gasteiger partial charge in [-0.25, -0.2) is 12.7 Å². The molecule has 7 nitrogen and oxygen atoms in total. The number of carbonyl (C=O) groups is 2. The highest BCUT2D eigenvalue weighted by Crippen LogP contribution is 2.18. The minimum absolute atomic E-state index is 0.0266. The summed E-state index contributed by atoms with van der Waals surface area (Å²) >= 11 is 0. The van der Waals surface area contributed by atoms with Crippen molar-refractivity contribution in [1.82, 2.24) is 14.5 Å². The topological polar surface area (TPSA) is 86.8 Å². The van der Waals surface area contributed by atoms with Crippen molar-refractivity contribution in [1.29, 1.82) is 0 Å². The monoisotopic (exact) mass is 549 g/mol. The van der Waals surface area contributed by atoms with Gasteiger partial charge in [-0.3, -0.25) is 9.59 Å². The molecule has 0 radical (unpaired) electrons. The van der Waals surface area contributed by atoms with Crippen LogP contribution in [0.2, 0.25) is 0 Å². The number of sulfonamides is 1. The second kappa shape index (κ2) is 14.6. The highest BCUT2D eigenvalue weighted by atomic mass is 32.2. The molecule has 8 heteroatoms. The van der Waals surface area contributed by atoms with E-state index in [9.17, 15) is 18.0 Å². The van der Waals surface area contributed by atoms with Crippen LogP contribution in [0.25, 0.3) is 0 Å². The van der Waals surface area contributed by atoms with Crippen molar-refractivity contribution in [3.63, 3.8) is 0 Å². The third-order valence-electron chi connectivity index (χ3n) is 6.78. The fourth-order valence-corrected chi connectivity index (χ4v) is 5.49. The van der Waals surface area contributed by atoms with Gasteiger partial charge in [0.2, 0.25) is 21.8 Å².